The van der Waals surface area contributed by atoms with E-state index in [1.54, 1.807) is 36.4 Å². The number of amides is 2. The molecule has 0 aliphatic heterocycles. The SMILES string of the molecule is CCOc1ccc(N(CC(=O)N(Cc2cccc(C)c2)[C@H](CC)C(=O)N[C@H](C)CC)S(=O)(=O)c2ccc(C)cc2)cc1. The van der Waals surface area contributed by atoms with Gasteiger partial charge < -0.3 is 15.0 Å². The van der Waals surface area contributed by atoms with Crippen LogP contribution in [0.15, 0.2) is 77.7 Å². The van der Waals surface area contributed by atoms with E-state index in [-0.39, 0.29) is 23.4 Å². The number of benzene rings is 3. The molecule has 0 heterocycles. The van der Waals surface area contributed by atoms with Gasteiger partial charge in [0.15, 0.2) is 0 Å². The fourth-order valence-electron chi connectivity index (χ4n) is 4.61. The normalized spacial score (nSPS) is 12.7. The number of nitrogens with zero attached hydrogens (tertiary/aromatic N) is 2. The van der Waals surface area contributed by atoms with Crippen LogP contribution in [0.2, 0.25) is 0 Å². The molecule has 3 aromatic rings. The molecule has 0 bridgehead atoms. The lowest BCUT2D eigenvalue weighted by Gasteiger charge is -2.33. The Morgan fingerprint density at radius 3 is 2.12 bits per heavy atom. The molecule has 2 atom stereocenters. The summed E-state index contributed by atoms with van der Waals surface area (Å²) in [5.41, 5.74) is 3.11. The fourth-order valence-corrected chi connectivity index (χ4v) is 6.02. The van der Waals surface area contributed by atoms with Crippen molar-refractivity contribution in [1.82, 2.24) is 10.2 Å². The third kappa shape index (κ3) is 8.35. The van der Waals surface area contributed by atoms with Gasteiger partial charge in [-0.15, -0.1) is 0 Å². The number of hydrogen-bond donors (Lipinski definition) is 1. The summed E-state index contributed by atoms with van der Waals surface area (Å²) in [7, 11) is -4.14. The predicted octanol–water partition coefficient (Wildman–Crippen LogP) is 5.62. The van der Waals surface area contributed by atoms with Crippen molar-refractivity contribution in [3.8, 4) is 5.75 Å². The maximum absolute atomic E-state index is 14.2. The van der Waals surface area contributed by atoms with Gasteiger partial charge in [0.05, 0.1) is 17.2 Å². The maximum atomic E-state index is 14.2. The molecule has 226 valence electrons. The van der Waals surface area contributed by atoms with E-state index in [4.69, 9.17) is 4.74 Å². The summed E-state index contributed by atoms with van der Waals surface area (Å²) in [6.45, 7) is 11.6. The zero-order chi connectivity index (χ0) is 30.9. The molecule has 3 aromatic carbocycles. The van der Waals surface area contributed by atoms with Crippen molar-refractivity contribution < 1.29 is 22.7 Å². The number of aryl methyl sites for hydroxylation is 2. The van der Waals surface area contributed by atoms with Gasteiger partial charge in [0, 0.05) is 12.6 Å². The highest BCUT2D eigenvalue weighted by molar-refractivity contribution is 7.92. The Morgan fingerprint density at radius 2 is 1.55 bits per heavy atom. The summed E-state index contributed by atoms with van der Waals surface area (Å²) < 4.78 is 34.7. The highest BCUT2D eigenvalue weighted by Crippen LogP contribution is 2.27. The standard InChI is InChI=1S/C33H43N3O5S/c1-7-26(6)34-33(38)31(8-2)35(22-27-12-10-11-25(5)21-27)32(37)23-36(28-15-17-29(18-16-28)41-9-3)42(39,40)30-19-13-24(4)14-20-30/h10-21,26,31H,7-9,22-23H2,1-6H3,(H,34,38)/t26-,31-/m1/s1. The Bertz CT molecular complexity index is 1440. The molecule has 0 saturated heterocycles. The van der Waals surface area contributed by atoms with E-state index in [0.29, 0.717) is 24.5 Å². The molecule has 42 heavy (non-hydrogen) atoms. The molecule has 0 aliphatic carbocycles. The number of sulfonamides is 1. The van der Waals surface area contributed by atoms with Gasteiger partial charge in [-0.25, -0.2) is 8.42 Å². The second-order valence-electron chi connectivity index (χ2n) is 10.5. The number of hydrogen-bond acceptors (Lipinski definition) is 5. The maximum Gasteiger partial charge on any atom is 0.264 e. The summed E-state index contributed by atoms with van der Waals surface area (Å²) in [4.78, 5) is 29.2. The Kier molecular flexibility index (Phi) is 11.6. The fraction of sp³-hybridized carbons (Fsp3) is 0.394. The molecular formula is C33H43N3O5S. The average molecular weight is 594 g/mol. The summed E-state index contributed by atoms with van der Waals surface area (Å²) >= 11 is 0. The lowest BCUT2D eigenvalue weighted by Crippen LogP contribution is -2.53. The number of ether oxygens (including phenoxy) is 1. The highest BCUT2D eigenvalue weighted by atomic mass is 32.2. The molecule has 0 fully saturated rings. The molecular weight excluding hydrogens is 550 g/mol. The van der Waals surface area contributed by atoms with Gasteiger partial charge in [-0.2, -0.15) is 0 Å². The first-order valence-electron chi connectivity index (χ1n) is 14.5. The van der Waals surface area contributed by atoms with Gasteiger partial charge in [-0.3, -0.25) is 13.9 Å². The van der Waals surface area contributed by atoms with Crippen LogP contribution in [0.5, 0.6) is 5.75 Å². The molecule has 0 aliphatic rings. The van der Waals surface area contributed by atoms with Crippen molar-refractivity contribution in [3.05, 3.63) is 89.5 Å². The van der Waals surface area contributed by atoms with Crippen molar-refractivity contribution in [1.29, 1.82) is 0 Å². The van der Waals surface area contributed by atoms with Crippen molar-refractivity contribution in [2.45, 2.75) is 77.9 Å². The van der Waals surface area contributed by atoms with Gasteiger partial charge in [-0.1, -0.05) is 61.4 Å². The molecule has 0 unspecified atom stereocenters. The van der Waals surface area contributed by atoms with Crippen LogP contribution in [0.25, 0.3) is 0 Å². The minimum atomic E-state index is -4.14. The van der Waals surface area contributed by atoms with Crippen LogP contribution >= 0.6 is 0 Å². The van der Waals surface area contributed by atoms with Crippen LogP contribution in [0.3, 0.4) is 0 Å². The lowest BCUT2D eigenvalue weighted by atomic mass is 10.1. The molecule has 0 spiro atoms. The Hall–Kier alpha value is -3.85. The first-order chi connectivity index (χ1) is 20.0. The minimum absolute atomic E-state index is 0.0651. The molecule has 0 radical (unpaired) electrons. The largest absolute Gasteiger partial charge is 0.494 e. The van der Waals surface area contributed by atoms with E-state index in [1.807, 2.05) is 65.8 Å². The summed E-state index contributed by atoms with van der Waals surface area (Å²) in [6, 6.07) is 20.0. The quantitative estimate of drug-likeness (QED) is 0.262. The van der Waals surface area contributed by atoms with Crippen molar-refractivity contribution >= 4 is 27.5 Å². The van der Waals surface area contributed by atoms with E-state index < -0.39 is 28.5 Å². The predicted molar refractivity (Wildman–Crippen MR) is 167 cm³/mol. The van der Waals surface area contributed by atoms with Crippen LogP contribution < -0.4 is 14.4 Å². The van der Waals surface area contributed by atoms with E-state index >= 15 is 0 Å². The molecule has 0 saturated carbocycles. The van der Waals surface area contributed by atoms with Gasteiger partial charge in [0.1, 0.15) is 18.3 Å². The second kappa shape index (κ2) is 14.9. The Labute approximate surface area is 250 Å². The summed E-state index contributed by atoms with van der Waals surface area (Å²) in [5.74, 6) is -0.150. The molecule has 2 amide bonds. The van der Waals surface area contributed by atoms with Crippen molar-refractivity contribution in [3.63, 3.8) is 0 Å². The minimum Gasteiger partial charge on any atom is -0.494 e. The number of nitrogens with one attached hydrogen (secondary N) is 1. The number of carbonyl (C=O) groups excluding carboxylic acids is 2. The first kappa shape index (κ1) is 32.7. The molecule has 8 nitrogen and oxygen atoms in total. The zero-order valence-electron chi connectivity index (χ0n) is 25.5. The number of rotatable bonds is 14. The Balaban J connectivity index is 2.06. The second-order valence-corrected chi connectivity index (χ2v) is 12.4. The average Bonchev–Trinajstić information content (AvgIpc) is 2.96. The molecule has 9 heteroatoms. The Morgan fingerprint density at radius 1 is 0.881 bits per heavy atom. The third-order valence-corrected chi connectivity index (χ3v) is 8.93. The topological polar surface area (TPSA) is 96.0 Å². The lowest BCUT2D eigenvalue weighted by molar-refractivity contribution is -0.140. The van der Waals surface area contributed by atoms with Crippen molar-refractivity contribution in [2.75, 3.05) is 17.5 Å². The van der Waals surface area contributed by atoms with Crippen LogP contribution in [0, 0.1) is 13.8 Å². The van der Waals surface area contributed by atoms with E-state index in [1.165, 1.54) is 17.0 Å². The summed E-state index contributed by atoms with van der Waals surface area (Å²) in [6.07, 6.45) is 1.11. The van der Waals surface area contributed by atoms with E-state index in [2.05, 4.69) is 5.32 Å². The van der Waals surface area contributed by atoms with Crippen LogP contribution in [-0.4, -0.2) is 50.4 Å². The smallest absolute Gasteiger partial charge is 0.264 e. The van der Waals surface area contributed by atoms with Crippen LogP contribution in [-0.2, 0) is 26.2 Å². The van der Waals surface area contributed by atoms with Gasteiger partial charge >= 0.3 is 0 Å². The van der Waals surface area contributed by atoms with Crippen molar-refractivity contribution in [2.24, 2.45) is 0 Å². The van der Waals surface area contributed by atoms with Crippen LogP contribution in [0.1, 0.15) is 57.2 Å². The van der Waals surface area contributed by atoms with Gasteiger partial charge in [0.25, 0.3) is 10.0 Å². The third-order valence-electron chi connectivity index (χ3n) is 7.15. The van der Waals surface area contributed by atoms with E-state index in [9.17, 15) is 18.0 Å². The zero-order valence-corrected chi connectivity index (χ0v) is 26.3. The van der Waals surface area contributed by atoms with Gasteiger partial charge in [-0.05, 0) is 82.5 Å². The first-order valence-corrected chi connectivity index (χ1v) is 15.9. The van der Waals surface area contributed by atoms with Crippen LogP contribution in [0.4, 0.5) is 5.69 Å². The van der Waals surface area contributed by atoms with E-state index in [0.717, 1.165) is 27.4 Å². The monoisotopic (exact) mass is 593 g/mol. The summed E-state index contributed by atoms with van der Waals surface area (Å²) in [5, 5.41) is 3.00. The number of anilines is 1. The molecule has 1 N–H and O–H groups in total. The molecule has 3 rings (SSSR count). The number of carbonyl (C=O) groups is 2. The molecule has 0 aromatic heterocycles. The van der Waals surface area contributed by atoms with Gasteiger partial charge in [0.2, 0.25) is 11.8 Å². The highest BCUT2D eigenvalue weighted by Gasteiger charge is 2.34.